The number of hydrogen-bond donors (Lipinski definition) is 0. The van der Waals surface area contributed by atoms with Gasteiger partial charge in [0.25, 0.3) is 0 Å². The van der Waals surface area contributed by atoms with Crippen LogP contribution in [0.2, 0.25) is 0 Å². The lowest BCUT2D eigenvalue weighted by atomic mass is 10.1. The standard InChI is InChI=1S/C16H21NO3/c1-3-17-8-4-5-15(17)11(2)20-13-6-7-14-12(9-13)10-19-16(14)18/h6-7,9,11,15H,3-5,8,10H2,1-2H3. The summed E-state index contributed by atoms with van der Waals surface area (Å²) in [5.74, 6) is 0.602. The molecule has 1 saturated heterocycles. The maximum absolute atomic E-state index is 11.4. The molecular formula is C16H21NO3. The van der Waals surface area contributed by atoms with Gasteiger partial charge in [-0.1, -0.05) is 6.92 Å². The van der Waals surface area contributed by atoms with E-state index in [4.69, 9.17) is 9.47 Å². The summed E-state index contributed by atoms with van der Waals surface area (Å²) in [5.41, 5.74) is 1.60. The van der Waals surface area contributed by atoms with E-state index in [0.29, 0.717) is 18.2 Å². The summed E-state index contributed by atoms with van der Waals surface area (Å²) in [6.45, 7) is 6.94. The van der Waals surface area contributed by atoms with Crippen molar-refractivity contribution in [1.29, 1.82) is 0 Å². The molecule has 4 heteroatoms. The van der Waals surface area contributed by atoms with Gasteiger partial charge in [0, 0.05) is 11.6 Å². The summed E-state index contributed by atoms with van der Waals surface area (Å²) < 4.78 is 11.1. The van der Waals surface area contributed by atoms with Crippen molar-refractivity contribution in [2.24, 2.45) is 0 Å². The highest BCUT2D eigenvalue weighted by atomic mass is 16.5. The van der Waals surface area contributed by atoms with Crippen LogP contribution in [-0.2, 0) is 11.3 Å². The number of rotatable bonds is 4. The molecule has 4 nitrogen and oxygen atoms in total. The Bertz CT molecular complexity index is 514. The Morgan fingerprint density at radius 2 is 2.35 bits per heavy atom. The number of likely N-dealkylation sites (tertiary alicyclic amines) is 1. The largest absolute Gasteiger partial charge is 0.489 e. The second-order valence-corrected chi connectivity index (χ2v) is 5.56. The number of ether oxygens (including phenoxy) is 2. The highest BCUT2D eigenvalue weighted by molar-refractivity contribution is 5.93. The second kappa shape index (κ2) is 5.44. The predicted octanol–water partition coefficient (Wildman–Crippen LogP) is 2.61. The summed E-state index contributed by atoms with van der Waals surface area (Å²) >= 11 is 0. The molecule has 2 aliphatic heterocycles. The van der Waals surface area contributed by atoms with Gasteiger partial charge in [-0.3, -0.25) is 4.90 Å². The van der Waals surface area contributed by atoms with E-state index in [0.717, 1.165) is 17.9 Å². The minimum absolute atomic E-state index is 0.161. The molecule has 1 aromatic carbocycles. The molecule has 1 fully saturated rings. The van der Waals surface area contributed by atoms with Crippen molar-refractivity contribution in [3.63, 3.8) is 0 Å². The fourth-order valence-electron chi connectivity index (χ4n) is 3.25. The zero-order valence-corrected chi connectivity index (χ0v) is 12.1. The van der Waals surface area contributed by atoms with Gasteiger partial charge in [0.2, 0.25) is 0 Å². The molecule has 2 atom stereocenters. The maximum atomic E-state index is 11.4. The molecule has 2 aliphatic rings. The highest BCUT2D eigenvalue weighted by Crippen LogP contribution is 2.27. The van der Waals surface area contributed by atoms with E-state index >= 15 is 0 Å². The van der Waals surface area contributed by atoms with Crippen molar-refractivity contribution in [1.82, 2.24) is 4.90 Å². The third kappa shape index (κ3) is 2.40. The summed E-state index contributed by atoms with van der Waals surface area (Å²) in [7, 11) is 0. The minimum atomic E-state index is -0.229. The van der Waals surface area contributed by atoms with Gasteiger partial charge in [-0.25, -0.2) is 4.79 Å². The zero-order chi connectivity index (χ0) is 14.1. The van der Waals surface area contributed by atoms with Gasteiger partial charge in [0.1, 0.15) is 18.5 Å². The van der Waals surface area contributed by atoms with E-state index in [-0.39, 0.29) is 12.1 Å². The molecular weight excluding hydrogens is 254 g/mol. The summed E-state index contributed by atoms with van der Waals surface area (Å²) in [6, 6.07) is 6.10. The van der Waals surface area contributed by atoms with Crippen molar-refractivity contribution in [3.8, 4) is 5.75 Å². The number of cyclic esters (lactones) is 1. The number of likely N-dealkylation sites (N-methyl/N-ethyl adjacent to an activating group) is 1. The first-order chi connectivity index (χ1) is 9.69. The van der Waals surface area contributed by atoms with Crippen LogP contribution in [-0.4, -0.2) is 36.1 Å². The van der Waals surface area contributed by atoms with Crippen LogP contribution in [0.3, 0.4) is 0 Å². The molecule has 108 valence electrons. The number of benzene rings is 1. The normalized spacial score (nSPS) is 23.5. The van der Waals surface area contributed by atoms with Crippen LogP contribution in [0.4, 0.5) is 0 Å². The van der Waals surface area contributed by atoms with Gasteiger partial charge >= 0.3 is 5.97 Å². The first kappa shape index (κ1) is 13.4. The fourth-order valence-corrected chi connectivity index (χ4v) is 3.25. The quantitative estimate of drug-likeness (QED) is 0.792. The Morgan fingerprint density at radius 1 is 1.50 bits per heavy atom. The molecule has 0 bridgehead atoms. The summed E-state index contributed by atoms with van der Waals surface area (Å²) in [6.07, 6.45) is 2.61. The van der Waals surface area contributed by atoms with Gasteiger partial charge in [0.05, 0.1) is 5.56 Å². The van der Waals surface area contributed by atoms with Gasteiger partial charge in [-0.15, -0.1) is 0 Å². The number of carbonyl (C=O) groups excluding carboxylic acids is 1. The molecule has 2 unspecified atom stereocenters. The Kier molecular flexibility index (Phi) is 3.66. The molecule has 2 heterocycles. The van der Waals surface area contributed by atoms with Gasteiger partial charge < -0.3 is 9.47 Å². The lowest BCUT2D eigenvalue weighted by Gasteiger charge is -2.29. The van der Waals surface area contributed by atoms with E-state index in [2.05, 4.69) is 18.7 Å². The van der Waals surface area contributed by atoms with E-state index in [9.17, 15) is 4.79 Å². The molecule has 0 amide bonds. The average Bonchev–Trinajstić information content (AvgIpc) is 3.05. The molecule has 20 heavy (non-hydrogen) atoms. The van der Waals surface area contributed by atoms with E-state index < -0.39 is 0 Å². The van der Waals surface area contributed by atoms with Gasteiger partial charge in [0.15, 0.2) is 0 Å². The van der Waals surface area contributed by atoms with E-state index in [1.54, 1.807) is 6.07 Å². The van der Waals surface area contributed by atoms with E-state index in [1.165, 1.54) is 19.4 Å². The molecule has 0 radical (unpaired) electrons. The lowest BCUT2D eigenvalue weighted by molar-refractivity contribution is 0.0535. The van der Waals surface area contributed by atoms with Crippen LogP contribution in [0.25, 0.3) is 0 Å². The van der Waals surface area contributed by atoms with Crippen LogP contribution in [0, 0.1) is 0 Å². The van der Waals surface area contributed by atoms with Crippen LogP contribution in [0.5, 0.6) is 5.75 Å². The van der Waals surface area contributed by atoms with Gasteiger partial charge in [-0.05, 0) is 51.1 Å². The second-order valence-electron chi connectivity index (χ2n) is 5.56. The van der Waals surface area contributed by atoms with Crippen molar-refractivity contribution < 1.29 is 14.3 Å². The molecule has 0 N–H and O–H groups in total. The zero-order valence-electron chi connectivity index (χ0n) is 12.1. The Hall–Kier alpha value is -1.55. The Labute approximate surface area is 119 Å². The Balaban J connectivity index is 1.70. The van der Waals surface area contributed by atoms with E-state index in [1.807, 2.05) is 12.1 Å². The van der Waals surface area contributed by atoms with Crippen molar-refractivity contribution in [3.05, 3.63) is 29.3 Å². The van der Waals surface area contributed by atoms with Crippen molar-refractivity contribution in [2.75, 3.05) is 13.1 Å². The third-order valence-electron chi connectivity index (χ3n) is 4.34. The first-order valence-corrected chi connectivity index (χ1v) is 7.40. The monoisotopic (exact) mass is 275 g/mol. The SMILES string of the molecule is CCN1CCCC1C(C)Oc1ccc2c(c1)COC2=O. The summed E-state index contributed by atoms with van der Waals surface area (Å²) in [4.78, 5) is 13.9. The summed E-state index contributed by atoms with van der Waals surface area (Å²) in [5, 5.41) is 0. The fraction of sp³-hybridized carbons (Fsp3) is 0.562. The molecule has 3 rings (SSSR count). The molecule has 0 aliphatic carbocycles. The number of esters is 1. The molecule has 0 saturated carbocycles. The number of nitrogens with zero attached hydrogens (tertiary/aromatic N) is 1. The Morgan fingerprint density at radius 3 is 3.15 bits per heavy atom. The smallest absolute Gasteiger partial charge is 0.338 e. The number of fused-ring (bicyclic) bond motifs is 1. The maximum Gasteiger partial charge on any atom is 0.338 e. The highest BCUT2D eigenvalue weighted by Gasteiger charge is 2.29. The van der Waals surface area contributed by atoms with Crippen molar-refractivity contribution in [2.45, 2.75) is 45.4 Å². The van der Waals surface area contributed by atoms with Crippen LogP contribution < -0.4 is 4.74 Å². The predicted molar refractivity (Wildman–Crippen MR) is 75.9 cm³/mol. The van der Waals surface area contributed by atoms with Crippen molar-refractivity contribution >= 4 is 5.97 Å². The van der Waals surface area contributed by atoms with Crippen LogP contribution in [0.1, 0.15) is 42.6 Å². The number of hydrogen-bond acceptors (Lipinski definition) is 4. The van der Waals surface area contributed by atoms with Crippen LogP contribution >= 0.6 is 0 Å². The third-order valence-corrected chi connectivity index (χ3v) is 4.34. The molecule has 0 aromatic heterocycles. The van der Waals surface area contributed by atoms with Gasteiger partial charge in [-0.2, -0.15) is 0 Å². The lowest BCUT2D eigenvalue weighted by Crippen LogP contribution is -2.40. The molecule has 1 aromatic rings. The number of carbonyl (C=O) groups is 1. The minimum Gasteiger partial charge on any atom is -0.489 e. The molecule has 0 spiro atoms. The topological polar surface area (TPSA) is 38.8 Å². The van der Waals surface area contributed by atoms with Crippen LogP contribution in [0.15, 0.2) is 18.2 Å². The first-order valence-electron chi connectivity index (χ1n) is 7.40. The average molecular weight is 275 g/mol.